The Morgan fingerprint density at radius 3 is 2.30 bits per heavy atom. The van der Waals surface area contributed by atoms with Gasteiger partial charge in [-0.25, -0.2) is 13.2 Å². The molecule has 1 heterocycles. The van der Waals surface area contributed by atoms with E-state index in [0.29, 0.717) is 5.02 Å². The number of benzene rings is 2. The van der Waals surface area contributed by atoms with Crippen molar-refractivity contribution >= 4 is 61.1 Å². The van der Waals surface area contributed by atoms with Crippen molar-refractivity contribution in [3.63, 3.8) is 0 Å². The van der Waals surface area contributed by atoms with Crippen LogP contribution in [0.15, 0.2) is 63.7 Å². The fourth-order valence-electron chi connectivity index (χ4n) is 2.37. The molecule has 5 nitrogen and oxygen atoms in total. The van der Waals surface area contributed by atoms with Crippen molar-refractivity contribution in [1.82, 2.24) is 0 Å². The predicted octanol–water partition coefficient (Wildman–Crippen LogP) is 6.55. The first-order valence-electron chi connectivity index (χ1n) is 8.01. The third kappa shape index (κ3) is 4.89. The van der Waals surface area contributed by atoms with Crippen LogP contribution in [0.25, 0.3) is 0 Å². The molecule has 0 spiro atoms. The van der Waals surface area contributed by atoms with E-state index in [2.05, 4.69) is 10.6 Å². The fraction of sp³-hybridized carbons (Fsp3) is 0.0556. The van der Waals surface area contributed by atoms with Gasteiger partial charge < -0.3 is 5.32 Å². The third-order valence-corrected chi connectivity index (χ3v) is 7.49. The molecule has 0 aliphatic rings. The van der Waals surface area contributed by atoms with Gasteiger partial charge in [0.25, 0.3) is 0 Å². The number of hydrogen-bond donors (Lipinski definition) is 2. The number of nitrogens with one attached hydrogen (secondary N) is 2. The number of anilines is 2. The average Bonchev–Trinajstić information content (AvgIpc) is 3.02. The van der Waals surface area contributed by atoms with Crippen molar-refractivity contribution in [2.24, 2.45) is 0 Å². The normalized spacial score (nSPS) is 11.9. The summed E-state index contributed by atoms with van der Waals surface area (Å²) in [6, 6.07) is 8.65. The first kappa shape index (κ1) is 22.4. The molecule has 0 bridgehead atoms. The van der Waals surface area contributed by atoms with Gasteiger partial charge in [-0.2, -0.15) is 13.2 Å². The van der Waals surface area contributed by atoms with Crippen LogP contribution in [0, 0.1) is 0 Å². The zero-order valence-corrected chi connectivity index (χ0v) is 17.8. The van der Waals surface area contributed by atoms with Crippen LogP contribution in [-0.4, -0.2) is 14.4 Å². The Labute approximate surface area is 183 Å². The smallest absolute Gasteiger partial charge is 0.308 e. The molecule has 158 valence electrons. The lowest BCUT2D eigenvalue weighted by molar-refractivity contribution is -0.137. The first-order valence-corrected chi connectivity index (χ1v) is 11.1. The van der Waals surface area contributed by atoms with E-state index < -0.39 is 27.6 Å². The van der Waals surface area contributed by atoms with Crippen LogP contribution in [0.4, 0.5) is 28.7 Å². The first-order chi connectivity index (χ1) is 14.0. The Bertz CT molecular complexity index is 1190. The largest absolute Gasteiger partial charge is 0.416 e. The molecule has 30 heavy (non-hydrogen) atoms. The maximum atomic E-state index is 12.8. The lowest BCUT2D eigenvalue weighted by atomic mass is 10.2. The molecule has 1 aromatic heterocycles. The zero-order valence-electron chi connectivity index (χ0n) is 14.6. The second-order valence-electron chi connectivity index (χ2n) is 5.86. The number of halogens is 5. The van der Waals surface area contributed by atoms with Gasteiger partial charge in [-0.05, 0) is 42.5 Å². The van der Waals surface area contributed by atoms with Crippen molar-refractivity contribution in [1.29, 1.82) is 0 Å². The number of alkyl halides is 3. The van der Waals surface area contributed by atoms with Crippen LogP contribution >= 0.6 is 34.5 Å². The van der Waals surface area contributed by atoms with E-state index in [0.717, 1.165) is 29.5 Å². The van der Waals surface area contributed by atoms with Crippen LogP contribution in [0.3, 0.4) is 0 Å². The van der Waals surface area contributed by atoms with Gasteiger partial charge in [0.05, 0.1) is 15.5 Å². The second kappa shape index (κ2) is 8.46. The minimum Gasteiger partial charge on any atom is -0.308 e. The van der Waals surface area contributed by atoms with Crippen LogP contribution < -0.4 is 10.6 Å². The number of amides is 2. The molecule has 0 unspecified atom stereocenters. The summed E-state index contributed by atoms with van der Waals surface area (Å²) in [6.07, 6.45) is -4.56. The van der Waals surface area contributed by atoms with E-state index in [-0.39, 0.29) is 25.5 Å². The number of urea groups is 1. The van der Waals surface area contributed by atoms with Crippen LogP contribution in [0.1, 0.15) is 5.56 Å². The van der Waals surface area contributed by atoms with Gasteiger partial charge >= 0.3 is 12.2 Å². The molecular weight excluding hydrogens is 484 g/mol. The monoisotopic (exact) mass is 494 g/mol. The number of hydrogen-bond acceptors (Lipinski definition) is 4. The van der Waals surface area contributed by atoms with Crippen LogP contribution in [0.2, 0.25) is 10.0 Å². The maximum Gasteiger partial charge on any atom is 0.416 e. The second-order valence-corrected chi connectivity index (χ2v) is 9.47. The van der Waals surface area contributed by atoms with Crippen molar-refractivity contribution in [2.45, 2.75) is 16.0 Å². The molecule has 0 aliphatic heterocycles. The van der Waals surface area contributed by atoms with Gasteiger partial charge in [0.1, 0.15) is 9.90 Å². The lowest BCUT2D eigenvalue weighted by Crippen LogP contribution is -2.19. The van der Waals surface area contributed by atoms with Gasteiger partial charge in [0.15, 0.2) is 0 Å². The summed E-state index contributed by atoms with van der Waals surface area (Å²) in [7, 11) is -3.96. The quantitative estimate of drug-likeness (QED) is 0.431. The fourth-order valence-corrected chi connectivity index (χ4v) is 5.61. The van der Waals surface area contributed by atoms with Crippen molar-refractivity contribution in [3.8, 4) is 0 Å². The van der Waals surface area contributed by atoms with E-state index in [1.165, 1.54) is 35.7 Å². The number of sulfone groups is 1. The van der Waals surface area contributed by atoms with E-state index in [9.17, 15) is 26.4 Å². The lowest BCUT2D eigenvalue weighted by Gasteiger charge is -2.10. The highest BCUT2D eigenvalue weighted by Crippen LogP contribution is 2.39. The summed E-state index contributed by atoms with van der Waals surface area (Å²) in [6.45, 7) is 0. The number of carbonyl (C=O) groups excluding carboxylic acids is 1. The number of carbonyl (C=O) groups is 1. The van der Waals surface area contributed by atoms with E-state index >= 15 is 0 Å². The van der Waals surface area contributed by atoms with Crippen LogP contribution in [-0.2, 0) is 16.0 Å². The predicted molar refractivity (Wildman–Crippen MR) is 110 cm³/mol. The average molecular weight is 495 g/mol. The molecule has 0 fully saturated rings. The highest BCUT2D eigenvalue weighted by Gasteiger charge is 2.30. The van der Waals surface area contributed by atoms with E-state index in [1.54, 1.807) is 0 Å². The summed E-state index contributed by atoms with van der Waals surface area (Å²) in [5, 5.41) is 6.01. The molecule has 0 saturated carbocycles. The number of rotatable bonds is 4. The Morgan fingerprint density at radius 1 is 1.00 bits per heavy atom. The summed E-state index contributed by atoms with van der Waals surface area (Å²) in [5.41, 5.74) is -1.02. The molecule has 0 radical (unpaired) electrons. The molecule has 0 aliphatic carbocycles. The standard InChI is InChI=1S/C18H11Cl2F3N2O3S2/c19-11-4-6-13(7-5-11)30(27,28)14-9-29-16(15(14)20)25-17(26)24-12-3-1-2-10(8-12)18(21,22)23/h1-9H,(H2,24,25,26). The summed E-state index contributed by atoms with van der Waals surface area (Å²) in [5.74, 6) is 0. The summed E-state index contributed by atoms with van der Waals surface area (Å²) in [4.78, 5) is 11.9. The third-order valence-electron chi connectivity index (χ3n) is 3.79. The molecule has 12 heteroatoms. The minimum absolute atomic E-state index is 0.0219. The Morgan fingerprint density at radius 2 is 1.67 bits per heavy atom. The van der Waals surface area contributed by atoms with E-state index in [4.69, 9.17) is 23.2 Å². The molecule has 0 saturated heterocycles. The van der Waals surface area contributed by atoms with Crippen LogP contribution in [0.5, 0.6) is 0 Å². The topological polar surface area (TPSA) is 75.3 Å². The minimum atomic E-state index is -4.56. The van der Waals surface area contributed by atoms with Gasteiger partial charge in [-0.15, -0.1) is 11.3 Å². The summed E-state index contributed by atoms with van der Waals surface area (Å²) >= 11 is 12.8. The van der Waals surface area contributed by atoms with E-state index in [1.807, 2.05) is 0 Å². The Hall–Kier alpha value is -2.27. The molecule has 2 aromatic carbocycles. The van der Waals surface area contributed by atoms with Gasteiger partial charge in [0.2, 0.25) is 9.84 Å². The summed E-state index contributed by atoms with van der Waals surface area (Å²) < 4.78 is 63.8. The van der Waals surface area contributed by atoms with Crippen molar-refractivity contribution in [3.05, 3.63) is 69.5 Å². The highest BCUT2D eigenvalue weighted by atomic mass is 35.5. The molecular formula is C18H11Cl2F3N2O3S2. The SMILES string of the molecule is O=C(Nc1cccc(C(F)(F)F)c1)Nc1scc(S(=O)(=O)c2ccc(Cl)cc2)c1Cl. The highest BCUT2D eigenvalue weighted by molar-refractivity contribution is 7.91. The zero-order chi connectivity index (χ0) is 22.1. The number of thiophene rings is 1. The van der Waals surface area contributed by atoms with Gasteiger partial charge in [0, 0.05) is 16.1 Å². The van der Waals surface area contributed by atoms with Gasteiger partial charge in [-0.3, -0.25) is 5.32 Å². The molecule has 2 amide bonds. The molecule has 3 aromatic rings. The van der Waals surface area contributed by atoms with Crippen molar-refractivity contribution in [2.75, 3.05) is 10.6 Å². The maximum absolute atomic E-state index is 12.8. The van der Waals surface area contributed by atoms with Gasteiger partial charge in [-0.1, -0.05) is 29.3 Å². The Kier molecular flexibility index (Phi) is 6.32. The molecule has 2 N–H and O–H groups in total. The molecule has 0 atom stereocenters. The van der Waals surface area contributed by atoms with Crippen molar-refractivity contribution < 1.29 is 26.4 Å². The molecule has 3 rings (SSSR count). The Balaban J connectivity index is 1.78.